The molecule has 2 fully saturated rings. The van der Waals surface area contributed by atoms with E-state index in [9.17, 15) is 14.4 Å². The average Bonchev–Trinajstić information content (AvgIpc) is 4.12. The van der Waals surface area contributed by atoms with Gasteiger partial charge in [-0.1, -0.05) is 92.7 Å². The van der Waals surface area contributed by atoms with E-state index in [0.717, 1.165) is 63.4 Å². The number of H-pyrrole nitrogens is 2. The normalized spacial score (nSPS) is 18.2. The standard InChI is InChI=1S/C45H46N8O5S/c1-28(2)39(51-44(55)57-3)42(54)52-23-7-10-37(52)40-47-24-35(49-40)32-15-11-30(12-16-32)31-13-17-33(18-14-31)36-25-48-41(50-36)38-27-59-43(34-19-21-46-22-20-34)53(38)45(56)58-26-29-8-5-4-6-9-29/h4-6,8-9,11-22,24-25,28,37-39,43H,7,10,23,26-27H2,1-3H3,(H,47,49)(H,48,50)(H,51,55)/t37-,38-,39-,43?/m0/s1. The van der Waals surface area contributed by atoms with E-state index in [4.69, 9.17) is 14.5 Å². The minimum absolute atomic E-state index is 0.104. The van der Waals surface area contributed by atoms with Crippen molar-refractivity contribution in [3.8, 4) is 33.6 Å². The third kappa shape index (κ3) is 8.58. The number of nitrogens with zero attached hydrogens (tertiary/aromatic N) is 5. The van der Waals surface area contributed by atoms with Crippen molar-refractivity contribution in [1.29, 1.82) is 0 Å². The minimum Gasteiger partial charge on any atom is -0.453 e. The third-order valence-corrected chi connectivity index (χ3v) is 12.2. The van der Waals surface area contributed by atoms with Crippen molar-refractivity contribution in [2.24, 2.45) is 5.92 Å². The quantitative estimate of drug-likeness (QED) is 0.116. The highest BCUT2D eigenvalue weighted by atomic mass is 32.2. The van der Waals surface area contributed by atoms with Gasteiger partial charge in [0.1, 0.15) is 35.7 Å². The molecule has 0 aliphatic carbocycles. The fraction of sp³-hybridized carbons (Fsp3) is 0.289. The van der Waals surface area contributed by atoms with Crippen LogP contribution in [0.2, 0.25) is 0 Å². The van der Waals surface area contributed by atoms with E-state index in [2.05, 4.69) is 73.8 Å². The molecule has 3 amide bonds. The van der Waals surface area contributed by atoms with E-state index < -0.39 is 18.2 Å². The van der Waals surface area contributed by atoms with Gasteiger partial charge in [-0.05, 0) is 64.3 Å². The monoisotopic (exact) mass is 810 g/mol. The number of carbonyl (C=O) groups is 3. The lowest BCUT2D eigenvalue weighted by Crippen LogP contribution is -2.51. The van der Waals surface area contributed by atoms with Crippen LogP contribution in [0.15, 0.2) is 116 Å². The Bertz CT molecular complexity index is 2370. The Hall–Kier alpha value is -6.41. The molecule has 3 N–H and O–H groups in total. The van der Waals surface area contributed by atoms with Crippen molar-refractivity contribution in [3.05, 3.63) is 139 Å². The number of benzene rings is 3. The molecule has 8 rings (SSSR count). The summed E-state index contributed by atoms with van der Waals surface area (Å²) < 4.78 is 10.6. The summed E-state index contributed by atoms with van der Waals surface area (Å²) in [7, 11) is 1.29. The number of hydrogen-bond donors (Lipinski definition) is 3. The Morgan fingerprint density at radius 3 is 2.00 bits per heavy atom. The van der Waals surface area contributed by atoms with Gasteiger partial charge in [0, 0.05) is 24.7 Å². The number of aromatic nitrogens is 5. The molecule has 0 spiro atoms. The van der Waals surface area contributed by atoms with E-state index >= 15 is 0 Å². The summed E-state index contributed by atoms with van der Waals surface area (Å²) in [5.74, 6) is 1.84. The van der Waals surface area contributed by atoms with Gasteiger partial charge >= 0.3 is 12.2 Å². The average molecular weight is 811 g/mol. The van der Waals surface area contributed by atoms with Gasteiger partial charge in [0.15, 0.2) is 0 Å². The van der Waals surface area contributed by atoms with Crippen molar-refractivity contribution >= 4 is 29.9 Å². The summed E-state index contributed by atoms with van der Waals surface area (Å²) in [6, 6.07) is 28.9. The Morgan fingerprint density at radius 2 is 1.41 bits per heavy atom. The summed E-state index contributed by atoms with van der Waals surface area (Å²) in [6.07, 6.45) is 7.72. The molecule has 0 radical (unpaired) electrons. The number of nitrogens with one attached hydrogen (secondary N) is 3. The Labute approximate surface area is 347 Å². The van der Waals surface area contributed by atoms with Crippen LogP contribution in [0.1, 0.15) is 66.9 Å². The molecule has 59 heavy (non-hydrogen) atoms. The molecule has 3 aromatic carbocycles. The van der Waals surface area contributed by atoms with Gasteiger partial charge < -0.3 is 29.7 Å². The maximum Gasteiger partial charge on any atom is 0.411 e. The van der Waals surface area contributed by atoms with Crippen molar-refractivity contribution in [2.75, 3.05) is 19.4 Å². The van der Waals surface area contributed by atoms with Gasteiger partial charge in [-0.3, -0.25) is 14.7 Å². The molecule has 4 atom stereocenters. The topological polar surface area (TPSA) is 158 Å². The second-order valence-electron chi connectivity index (χ2n) is 15.0. The van der Waals surface area contributed by atoms with Gasteiger partial charge in [-0.25, -0.2) is 19.6 Å². The van der Waals surface area contributed by atoms with Gasteiger partial charge in [-0.2, -0.15) is 0 Å². The summed E-state index contributed by atoms with van der Waals surface area (Å²) in [4.78, 5) is 63.4. The number of imidazole rings is 2. The van der Waals surface area contributed by atoms with Crippen LogP contribution in [0, 0.1) is 5.92 Å². The van der Waals surface area contributed by atoms with Gasteiger partial charge in [0.25, 0.3) is 0 Å². The second-order valence-corrected chi connectivity index (χ2v) is 16.1. The molecule has 1 unspecified atom stereocenters. The van der Waals surface area contributed by atoms with Crippen molar-refractivity contribution < 1.29 is 23.9 Å². The van der Waals surface area contributed by atoms with Crippen molar-refractivity contribution in [3.63, 3.8) is 0 Å². The Kier molecular flexibility index (Phi) is 11.8. The van der Waals surface area contributed by atoms with Gasteiger partial charge in [0.2, 0.25) is 5.91 Å². The Morgan fingerprint density at radius 1 is 0.814 bits per heavy atom. The van der Waals surface area contributed by atoms with Crippen LogP contribution < -0.4 is 5.32 Å². The first kappa shape index (κ1) is 39.4. The molecule has 2 aliphatic heterocycles. The molecule has 6 aromatic rings. The number of aromatic amines is 2. The zero-order chi connectivity index (χ0) is 40.9. The van der Waals surface area contributed by atoms with Crippen LogP contribution in [0.3, 0.4) is 0 Å². The number of hydrogen-bond acceptors (Lipinski definition) is 9. The molecule has 2 saturated heterocycles. The number of pyridine rings is 1. The number of amides is 3. The number of thioether (sulfide) groups is 1. The molecule has 2 aliphatic rings. The first-order valence-corrected chi connectivity index (χ1v) is 20.8. The van der Waals surface area contributed by atoms with E-state index in [1.807, 2.05) is 73.6 Å². The van der Waals surface area contributed by atoms with Gasteiger partial charge in [0.05, 0.1) is 36.9 Å². The molecule has 0 saturated carbocycles. The van der Waals surface area contributed by atoms with Crippen LogP contribution >= 0.6 is 11.8 Å². The highest BCUT2D eigenvalue weighted by molar-refractivity contribution is 7.99. The maximum absolute atomic E-state index is 13.7. The predicted molar refractivity (Wildman–Crippen MR) is 226 cm³/mol. The van der Waals surface area contributed by atoms with Crippen LogP contribution in [0.25, 0.3) is 33.6 Å². The van der Waals surface area contributed by atoms with Gasteiger partial charge in [-0.15, -0.1) is 11.8 Å². The molecule has 13 nitrogen and oxygen atoms in total. The number of rotatable bonds is 11. The lowest BCUT2D eigenvalue weighted by Gasteiger charge is -2.30. The van der Waals surface area contributed by atoms with Crippen molar-refractivity contribution in [1.82, 2.24) is 40.0 Å². The number of ether oxygens (including phenoxy) is 2. The molecule has 3 aromatic heterocycles. The van der Waals surface area contributed by atoms with E-state index in [0.29, 0.717) is 18.1 Å². The second kappa shape index (κ2) is 17.6. The first-order chi connectivity index (χ1) is 28.8. The van der Waals surface area contributed by atoms with E-state index in [1.54, 1.807) is 29.1 Å². The number of alkyl carbamates (subject to hydrolysis) is 1. The SMILES string of the molecule is COC(=O)N[C@H](C(=O)N1CCC[C@H]1c1ncc(-c2ccc(-c3ccc(-c4cnc([C@@H]5CSC(c6ccncc6)N5C(=O)OCc5ccccc5)[nH]4)cc3)cc2)[nH]1)C(C)C. The molecule has 0 bridgehead atoms. The summed E-state index contributed by atoms with van der Waals surface area (Å²) in [5, 5.41) is 2.46. The third-order valence-electron chi connectivity index (χ3n) is 10.9. The van der Waals surface area contributed by atoms with Crippen LogP contribution in [0.5, 0.6) is 0 Å². The van der Waals surface area contributed by atoms with Crippen LogP contribution in [-0.4, -0.2) is 78.3 Å². The minimum atomic E-state index is -0.687. The molecular formula is C45H46N8O5S. The summed E-state index contributed by atoms with van der Waals surface area (Å²) in [6.45, 7) is 4.58. The van der Waals surface area contributed by atoms with Crippen LogP contribution in [0.4, 0.5) is 9.59 Å². The largest absolute Gasteiger partial charge is 0.453 e. The zero-order valence-corrected chi connectivity index (χ0v) is 33.9. The van der Waals surface area contributed by atoms with Crippen molar-refractivity contribution in [2.45, 2.75) is 56.8 Å². The van der Waals surface area contributed by atoms with E-state index in [-0.39, 0.29) is 35.9 Å². The fourth-order valence-corrected chi connectivity index (χ4v) is 9.13. The molecule has 302 valence electrons. The molecule has 14 heteroatoms. The number of carbonyl (C=O) groups excluding carboxylic acids is 3. The lowest BCUT2D eigenvalue weighted by molar-refractivity contribution is -0.135. The number of likely N-dealkylation sites (tertiary alicyclic amines) is 1. The number of methoxy groups -OCH3 is 1. The predicted octanol–water partition coefficient (Wildman–Crippen LogP) is 8.70. The van der Waals surface area contributed by atoms with E-state index in [1.165, 1.54) is 7.11 Å². The summed E-state index contributed by atoms with van der Waals surface area (Å²) in [5.41, 5.74) is 7.69. The maximum atomic E-state index is 13.7. The zero-order valence-electron chi connectivity index (χ0n) is 33.1. The first-order valence-electron chi connectivity index (χ1n) is 19.7. The molecular weight excluding hydrogens is 765 g/mol. The highest BCUT2D eigenvalue weighted by Crippen LogP contribution is 2.47. The summed E-state index contributed by atoms with van der Waals surface area (Å²) >= 11 is 1.67. The van der Waals surface area contributed by atoms with Crippen LogP contribution in [-0.2, 0) is 20.9 Å². The lowest BCUT2D eigenvalue weighted by atomic mass is 10.0. The fourth-order valence-electron chi connectivity index (χ4n) is 7.70. The molecule has 5 heterocycles. The Balaban J connectivity index is 0.936. The smallest absolute Gasteiger partial charge is 0.411 e. The highest BCUT2D eigenvalue weighted by Gasteiger charge is 2.42.